The van der Waals surface area contributed by atoms with Crippen LogP contribution in [-0.2, 0) is 12.8 Å². The predicted molar refractivity (Wildman–Crippen MR) is 145 cm³/mol. The van der Waals surface area contributed by atoms with Crippen LogP contribution in [0.4, 0.5) is 0 Å². The van der Waals surface area contributed by atoms with Crippen LogP contribution >= 0.6 is 27.3 Å². The van der Waals surface area contributed by atoms with Gasteiger partial charge >= 0.3 is 0 Å². The van der Waals surface area contributed by atoms with E-state index in [1.54, 1.807) is 25.6 Å². The van der Waals surface area contributed by atoms with Crippen LogP contribution in [0.3, 0.4) is 0 Å². The first-order chi connectivity index (χ1) is 17.5. The number of rotatable bonds is 8. The van der Waals surface area contributed by atoms with Crippen molar-refractivity contribution in [3.8, 4) is 34.4 Å². The normalized spacial score (nSPS) is 14.9. The number of halogens is 1. The molecule has 0 radical (unpaired) electrons. The molecule has 0 aliphatic heterocycles. The monoisotopic (exact) mass is 570 g/mol. The first kappa shape index (κ1) is 24.6. The number of aryl methyl sites for hydroxylation is 1. The molecule has 2 heterocycles. The minimum Gasteiger partial charge on any atom is -0.497 e. The van der Waals surface area contributed by atoms with Gasteiger partial charge in [-0.05, 0) is 83.1 Å². The number of aromatic amines is 1. The summed E-state index contributed by atoms with van der Waals surface area (Å²) in [6.45, 7) is 2.94. The summed E-state index contributed by atoms with van der Waals surface area (Å²) < 4.78 is 23.2. The van der Waals surface area contributed by atoms with E-state index in [1.807, 2.05) is 36.4 Å². The van der Waals surface area contributed by atoms with Gasteiger partial charge in [-0.15, -0.1) is 11.3 Å². The van der Waals surface area contributed by atoms with Crippen LogP contribution in [-0.4, -0.2) is 37.4 Å². The van der Waals surface area contributed by atoms with Crippen molar-refractivity contribution in [1.82, 2.24) is 9.97 Å². The number of thiophene rings is 1. The Morgan fingerprint density at radius 3 is 2.58 bits per heavy atom. The lowest BCUT2D eigenvalue weighted by molar-refractivity contribution is 0.210. The summed E-state index contributed by atoms with van der Waals surface area (Å²) in [5.41, 5.74) is 1.82. The fourth-order valence-electron chi connectivity index (χ4n) is 4.46. The third kappa shape index (κ3) is 4.95. The van der Waals surface area contributed by atoms with Crippen LogP contribution in [0.25, 0.3) is 21.6 Å². The zero-order valence-corrected chi connectivity index (χ0v) is 22.8. The van der Waals surface area contributed by atoms with Crippen LogP contribution in [0.2, 0.25) is 0 Å². The zero-order valence-electron chi connectivity index (χ0n) is 20.4. The maximum Gasteiger partial charge on any atom is 0.260 e. The lowest BCUT2D eigenvalue weighted by Gasteiger charge is -2.17. The van der Waals surface area contributed by atoms with Crippen molar-refractivity contribution in [2.75, 3.05) is 27.4 Å². The maximum absolute atomic E-state index is 13.0. The number of methoxy groups -OCH3 is 2. The Bertz CT molecular complexity index is 1450. The molecule has 1 aliphatic carbocycles. The Kier molecular flexibility index (Phi) is 7.20. The lowest BCUT2D eigenvalue weighted by Crippen LogP contribution is -2.13. The molecule has 2 aromatic heterocycles. The highest BCUT2D eigenvalue weighted by atomic mass is 79.9. The van der Waals surface area contributed by atoms with Crippen LogP contribution < -0.4 is 24.5 Å². The van der Waals surface area contributed by atoms with E-state index in [2.05, 4.69) is 27.8 Å². The number of hydrogen-bond donors (Lipinski definition) is 1. The van der Waals surface area contributed by atoms with Crippen molar-refractivity contribution in [2.45, 2.75) is 26.2 Å². The van der Waals surface area contributed by atoms with E-state index < -0.39 is 0 Å². The van der Waals surface area contributed by atoms with Gasteiger partial charge in [-0.25, -0.2) is 4.98 Å². The number of ether oxygens (including phenoxy) is 4. The number of fused-ring (bicyclic) bond motifs is 3. The van der Waals surface area contributed by atoms with Gasteiger partial charge in [0.2, 0.25) is 0 Å². The van der Waals surface area contributed by atoms with E-state index in [0.29, 0.717) is 40.9 Å². The topological polar surface area (TPSA) is 82.7 Å². The first-order valence-electron chi connectivity index (χ1n) is 11.8. The highest BCUT2D eigenvalue weighted by Crippen LogP contribution is 2.40. The number of aromatic nitrogens is 2. The second-order valence-electron chi connectivity index (χ2n) is 8.81. The molecule has 0 unspecified atom stereocenters. The summed E-state index contributed by atoms with van der Waals surface area (Å²) in [6, 6.07) is 11.1. The second kappa shape index (κ2) is 10.5. The maximum atomic E-state index is 13.0. The van der Waals surface area contributed by atoms with E-state index in [-0.39, 0.29) is 5.56 Å². The number of benzene rings is 2. The molecule has 1 aliphatic rings. The highest BCUT2D eigenvalue weighted by molar-refractivity contribution is 9.10. The molecule has 0 saturated carbocycles. The van der Waals surface area contributed by atoms with Gasteiger partial charge < -0.3 is 23.9 Å². The predicted octanol–water partition coefficient (Wildman–Crippen LogP) is 6.01. The summed E-state index contributed by atoms with van der Waals surface area (Å²) in [4.78, 5) is 22.9. The first-order valence-corrected chi connectivity index (χ1v) is 13.4. The van der Waals surface area contributed by atoms with Crippen molar-refractivity contribution in [2.24, 2.45) is 5.92 Å². The van der Waals surface area contributed by atoms with Crippen LogP contribution in [0.1, 0.15) is 23.8 Å². The van der Waals surface area contributed by atoms with Gasteiger partial charge in [0.05, 0.1) is 24.1 Å². The van der Waals surface area contributed by atoms with Gasteiger partial charge in [0, 0.05) is 10.4 Å². The Morgan fingerprint density at radius 1 is 1.08 bits per heavy atom. The molecule has 0 saturated heterocycles. The molecule has 0 fully saturated rings. The van der Waals surface area contributed by atoms with E-state index in [1.165, 1.54) is 10.4 Å². The van der Waals surface area contributed by atoms with Gasteiger partial charge in [-0.2, -0.15) is 0 Å². The fourth-order valence-corrected chi connectivity index (χ4v) is 6.40. The third-order valence-corrected chi connectivity index (χ3v) is 8.06. The average Bonchev–Trinajstić information content (AvgIpc) is 3.25. The van der Waals surface area contributed by atoms with Crippen molar-refractivity contribution in [3.05, 3.63) is 61.7 Å². The summed E-state index contributed by atoms with van der Waals surface area (Å²) in [5, 5.41) is 0.744. The Balaban J connectivity index is 1.35. The Hall–Kier alpha value is -3.04. The van der Waals surface area contributed by atoms with E-state index in [9.17, 15) is 4.79 Å². The van der Waals surface area contributed by atoms with Crippen molar-refractivity contribution in [1.29, 1.82) is 0 Å². The molecular weight excluding hydrogens is 544 g/mol. The molecule has 9 heteroatoms. The molecular formula is C27H27BrN2O5S. The van der Waals surface area contributed by atoms with Gasteiger partial charge in [0.1, 0.15) is 35.4 Å². The Labute approximate surface area is 221 Å². The summed E-state index contributed by atoms with van der Waals surface area (Å²) >= 11 is 5.23. The standard InChI is InChI=1S/C27H27BrN2O5S/c1-15-4-9-19-22(12-15)36-27-23(19)26(31)29-25(30-27)16-13-20(28)24(21(14-16)33-3)35-11-10-34-18-7-5-17(32-2)6-8-18/h5-8,13-15H,4,9-12H2,1-3H3,(H,29,30,31)/t15-/m1/s1. The average molecular weight is 571 g/mol. The van der Waals surface area contributed by atoms with Crippen LogP contribution in [0.15, 0.2) is 45.7 Å². The third-order valence-electron chi connectivity index (χ3n) is 6.33. The van der Waals surface area contributed by atoms with Gasteiger partial charge in [0.25, 0.3) is 5.56 Å². The number of H-pyrrole nitrogens is 1. The molecule has 1 N–H and O–H groups in total. The van der Waals surface area contributed by atoms with Crippen molar-refractivity contribution < 1.29 is 18.9 Å². The molecule has 1 atom stereocenters. The molecule has 5 rings (SSSR count). The Morgan fingerprint density at radius 2 is 1.83 bits per heavy atom. The summed E-state index contributed by atoms with van der Waals surface area (Å²) in [5.74, 6) is 3.74. The summed E-state index contributed by atoms with van der Waals surface area (Å²) in [6.07, 6.45) is 3.06. The minimum absolute atomic E-state index is 0.0897. The molecule has 188 valence electrons. The second-order valence-corrected chi connectivity index (χ2v) is 10.7. The molecule has 7 nitrogen and oxygen atoms in total. The molecule has 4 aromatic rings. The molecule has 0 bridgehead atoms. The number of nitrogens with one attached hydrogen (secondary N) is 1. The molecule has 36 heavy (non-hydrogen) atoms. The van der Waals surface area contributed by atoms with E-state index >= 15 is 0 Å². The van der Waals surface area contributed by atoms with E-state index in [4.69, 9.17) is 23.9 Å². The van der Waals surface area contributed by atoms with Crippen molar-refractivity contribution in [3.63, 3.8) is 0 Å². The quantitative estimate of drug-likeness (QED) is 0.261. The number of nitrogens with zero attached hydrogens (tertiary/aromatic N) is 1. The van der Waals surface area contributed by atoms with Crippen LogP contribution in [0, 0.1) is 5.92 Å². The zero-order chi connectivity index (χ0) is 25.2. The van der Waals surface area contributed by atoms with Gasteiger partial charge in [-0.1, -0.05) is 6.92 Å². The molecule has 0 spiro atoms. The number of hydrogen-bond acceptors (Lipinski definition) is 7. The largest absolute Gasteiger partial charge is 0.497 e. The smallest absolute Gasteiger partial charge is 0.260 e. The summed E-state index contributed by atoms with van der Waals surface area (Å²) in [7, 11) is 3.21. The molecule has 2 aromatic carbocycles. The lowest BCUT2D eigenvalue weighted by atomic mass is 9.89. The van der Waals surface area contributed by atoms with Gasteiger partial charge in [-0.3, -0.25) is 4.79 Å². The molecule has 0 amide bonds. The SMILES string of the molecule is COc1ccc(OCCOc2c(Br)cc(-c3nc4sc5c(c4c(=O)[nH]3)CC[C@@H](C)C5)cc2OC)cc1. The van der Waals surface area contributed by atoms with E-state index in [0.717, 1.165) is 46.5 Å². The fraction of sp³-hybridized carbons (Fsp3) is 0.333. The van der Waals surface area contributed by atoms with Crippen LogP contribution in [0.5, 0.6) is 23.0 Å². The highest BCUT2D eigenvalue weighted by Gasteiger charge is 2.23. The van der Waals surface area contributed by atoms with Crippen molar-refractivity contribution >= 4 is 37.5 Å². The minimum atomic E-state index is -0.0897. The van der Waals surface area contributed by atoms with Gasteiger partial charge in [0.15, 0.2) is 11.5 Å².